The lowest BCUT2D eigenvalue weighted by atomic mass is 9.81. The molecular formula is C14H22O2. The van der Waals surface area contributed by atoms with Gasteiger partial charge >= 0.3 is 0 Å². The van der Waals surface area contributed by atoms with E-state index in [-0.39, 0.29) is 17.9 Å². The molecule has 0 aromatic heterocycles. The third-order valence-corrected chi connectivity index (χ3v) is 2.82. The minimum atomic E-state index is 0.0171. The largest absolute Gasteiger partial charge is 0.508 e. The fraction of sp³-hybridized carbons (Fsp3) is 0.571. The van der Waals surface area contributed by atoms with E-state index in [9.17, 15) is 5.11 Å². The van der Waals surface area contributed by atoms with Crippen molar-refractivity contribution in [3.63, 3.8) is 0 Å². The first-order chi connectivity index (χ1) is 7.36. The van der Waals surface area contributed by atoms with Crippen LogP contribution in [0, 0.1) is 5.92 Å². The quantitative estimate of drug-likeness (QED) is 0.825. The number of phenolic OH excluding ortho intramolecular Hbond substituents is 1. The first kappa shape index (κ1) is 13.0. The molecule has 2 heteroatoms. The molecule has 16 heavy (non-hydrogen) atoms. The van der Waals surface area contributed by atoms with Crippen molar-refractivity contribution in [3.8, 4) is 5.75 Å². The Labute approximate surface area is 97.9 Å². The van der Waals surface area contributed by atoms with Gasteiger partial charge in [-0.25, -0.2) is 0 Å². The molecule has 90 valence electrons. The molecule has 0 bridgehead atoms. The number of hydrogen-bond acceptors (Lipinski definition) is 2. The van der Waals surface area contributed by atoms with E-state index in [0.717, 1.165) is 17.5 Å². The molecule has 1 atom stereocenters. The number of aliphatic hydroxyl groups excluding tert-OH is 1. The molecule has 0 saturated carbocycles. The molecular weight excluding hydrogens is 200 g/mol. The SMILES string of the molecule is CC(CO)Cc1c(O)cccc1C(C)(C)C. The van der Waals surface area contributed by atoms with Gasteiger partial charge in [-0.3, -0.25) is 0 Å². The minimum absolute atomic E-state index is 0.0171. The van der Waals surface area contributed by atoms with Crippen LogP contribution in [0.5, 0.6) is 5.75 Å². The molecule has 2 nitrogen and oxygen atoms in total. The zero-order valence-electron chi connectivity index (χ0n) is 10.6. The van der Waals surface area contributed by atoms with Gasteiger partial charge in [0.25, 0.3) is 0 Å². The average Bonchev–Trinajstić information content (AvgIpc) is 2.19. The Kier molecular flexibility index (Phi) is 3.98. The number of hydrogen-bond donors (Lipinski definition) is 2. The van der Waals surface area contributed by atoms with E-state index in [1.165, 1.54) is 0 Å². The highest BCUT2D eigenvalue weighted by Crippen LogP contribution is 2.32. The van der Waals surface area contributed by atoms with Gasteiger partial charge in [-0.15, -0.1) is 0 Å². The second kappa shape index (κ2) is 4.88. The van der Waals surface area contributed by atoms with Crippen LogP contribution in [-0.4, -0.2) is 16.8 Å². The molecule has 0 amide bonds. The van der Waals surface area contributed by atoms with Crippen molar-refractivity contribution >= 4 is 0 Å². The molecule has 0 saturated heterocycles. The monoisotopic (exact) mass is 222 g/mol. The molecule has 0 spiro atoms. The smallest absolute Gasteiger partial charge is 0.119 e. The van der Waals surface area contributed by atoms with E-state index in [2.05, 4.69) is 26.8 Å². The second-order valence-corrected chi connectivity index (χ2v) is 5.55. The summed E-state index contributed by atoms with van der Waals surface area (Å²) in [5.41, 5.74) is 2.15. The Balaban J connectivity index is 3.14. The average molecular weight is 222 g/mol. The maximum absolute atomic E-state index is 9.92. The summed E-state index contributed by atoms with van der Waals surface area (Å²) in [6.45, 7) is 8.54. The van der Waals surface area contributed by atoms with Crippen molar-refractivity contribution < 1.29 is 10.2 Å². The van der Waals surface area contributed by atoms with Crippen LogP contribution in [-0.2, 0) is 11.8 Å². The molecule has 1 aromatic carbocycles. The lowest BCUT2D eigenvalue weighted by Gasteiger charge is -2.24. The minimum Gasteiger partial charge on any atom is -0.508 e. The van der Waals surface area contributed by atoms with Crippen LogP contribution in [0.15, 0.2) is 18.2 Å². The zero-order chi connectivity index (χ0) is 12.3. The highest BCUT2D eigenvalue weighted by Gasteiger charge is 2.20. The highest BCUT2D eigenvalue weighted by molar-refractivity contribution is 5.43. The molecule has 2 N–H and O–H groups in total. The first-order valence-corrected chi connectivity index (χ1v) is 5.78. The van der Waals surface area contributed by atoms with Crippen LogP contribution >= 0.6 is 0 Å². The lowest BCUT2D eigenvalue weighted by Crippen LogP contribution is -2.16. The van der Waals surface area contributed by atoms with Crippen molar-refractivity contribution in [2.45, 2.75) is 39.5 Å². The molecule has 1 aromatic rings. The van der Waals surface area contributed by atoms with Crippen molar-refractivity contribution in [2.24, 2.45) is 5.92 Å². The van der Waals surface area contributed by atoms with Gasteiger partial charge in [-0.05, 0) is 34.9 Å². The van der Waals surface area contributed by atoms with E-state index in [1.807, 2.05) is 13.0 Å². The van der Waals surface area contributed by atoms with Crippen LogP contribution < -0.4 is 0 Å². The summed E-state index contributed by atoms with van der Waals surface area (Å²) in [5.74, 6) is 0.516. The van der Waals surface area contributed by atoms with E-state index < -0.39 is 0 Å². The Morgan fingerprint density at radius 3 is 2.38 bits per heavy atom. The predicted octanol–water partition coefficient (Wildman–Crippen LogP) is 2.86. The molecule has 0 radical (unpaired) electrons. The van der Waals surface area contributed by atoms with Crippen LogP contribution in [0.2, 0.25) is 0 Å². The fourth-order valence-electron chi connectivity index (χ4n) is 1.90. The standard InChI is InChI=1S/C14H22O2/c1-10(9-15)8-11-12(14(2,3)4)6-5-7-13(11)16/h5-7,10,15-16H,8-9H2,1-4H3. The molecule has 1 rings (SSSR count). The third-order valence-electron chi connectivity index (χ3n) is 2.82. The Hall–Kier alpha value is -1.02. The number of rotatable bonds is 3. The van der Waals surface area contributed by atoms with E-state index in [1.54, 1.807) is 6.07 Å². The van der Waals surface area contributed by atoms with Crippen molar-refractivity contribution in [3.05, 3.63) is 29.3 Å². The first-order valence-electron chi connectivity index (χ1n) is 5.78. The maximum atomic E-state index is 9.92. The van der Waals surface area contributed by atoms with Crippen LogP contribution in [0.4, 0.5) is 0 Å². The van der Waals surface area contributed by atoms with E-state index in [0.29, 0.717) is 5.75 Å². The van der Waals surface area contributed by atoms with Crippen molar-refractivity contribution in [1.29, 1.82) is 0 Å². The lowest BCUT2D eigenvalue weighted by molar-refractivity contribution is 0.235. The van der Waals surface area contributed by atoms with Gasteiger partial charge in [0.1, 0.15) is 5.75 Å². The van der Waals surface area contributed by atoms with Gasteiger partial charge in [-0.2, -0.15) is 0 Å². The highest BCUT2D eigenvalue weighted by atomic mass is 16.3. The van der Waals surface area contributed by atoms with Crippen LogP contribution in [0.25, 0.3) is 0 Å². The Morgan fingerprint density at radius 2 is 1.88 bits per heavy atom. The summed E-state index contributed by atoms with van der Waals surface area (Å²) in [6.07, 6.45) is 0.718. The summed E-state index contributed by atoms with van der Waals surface area (Å²) in [7, 11) is 0. The molecule has 0 aliphatic heterocycles. The number of benzene rings is 1. The number of phenols is 1. The summed E-state index contributed by atoms with van der Waals surface area (Å²) in [4.78, 5) is 0. The number of aliphatic hydroxyl groups is 1. The second-order valence-electron chi connectivity index (χ2n) is 5.55. The maximum Gasteiger partial charge on any atom is 0.119 e. The van der Waals surface area contributed by atoms with Gasteiger partial charge in [0.05, 0.1) is 0 Å². The summed E-state index contributed by atoms with van der Waals surface area (Å²) < 4.78 is 0. The summed E-state index contributed by atoms with van der Waals surface area (Å²) in [5, 5.41) is 19.0. The normalized spacial score (nSPS) is 13.8. The molecule has 0 heterocycles. The van der Waals surface area contributed by atoms with Gasteiger partial charge in [0.2, 0.25) is 0 Å². The molecule has 1 unspecified atom stereocenters. The van der Waals surface area contributed by atoms with Gasteiger partial charge in [-0.1, -0.05) is 39.8 Å². The number of aromatic hydroxyl groups is 1. The van der Waals surface area contributed by atoms with Crippen LogP contribution in [0.1, 0.15) is 38.8 Å². The van der Waals surface area contributed by atoms with Gasteiger partial charge in [0, 0.05) is 6.61 Å². The Bertz CT molecular complexity index is 350. The fourth-order valence-corrected chi connectivity index (χ4v) is 1.90. The molecule has 0 aliphatic carbocycles. The third kappa shape index (κ3) is 2.99. The molecule has 0 aliphatic rings. The van der Waals surface area contributed by atoms with E-state index >= 15 is 0 Å². The van der Waals surface area contributed by atoms with Gasteiger partial charge in [0.15, 0.2) is 0 Å². The van der Waals surface area contributed by atoms with E-state index in [4.69, 9.17) is 5.11 Å². The summed E-state index contributed by atoms with van der Waals surface area (Å²) >= 11 is 0. The zero-order valence-corrected chi connectivity index (χ0v) is 10.6. The topological polar surface area (TPSA) is 40.5 Å². The van der Waals surface area contributed by atoms with Crippen LogP contribution in [0.3, 0.4) is 0 Å². The summed E-state index contributed by atoms with van der Waals surface area (Å²) in [6, 6.07) is 5.65. The predicted molar refractivity (Wildman–Crippen MR) is 66.8 cm³/mol. The van der Waals surface area contributed by atoms with Crippen molar-refractivity contribution in [1.82, 2.24) is 0 Å². The van der Waals surface area contributed by atoms with Gasteiger partial charge < -0.3 is 10.2 Å². The molecule has 0 fully saturated rings. The Morgan fingerprint density at radius 1 is 1.25 bits per heavy atom. The van der Waals surface area contributed by atoms with Crippen molar-refractivity contribution in [2.75, 3.05) is 6.61 Å².